The summed E-state index contributed by atoms with van der Waals surface area (Å²) in [5.41, 5.74) is -0.153. The van der Waals surface area contributed by atoms with Crippen molar-refractivity contribution in [3.05, 3.63) is 33.8 Å². The summed E-state index contributed by atoms with van der Waals surface area (Å²) in [6.07, 6.45) is 0.270. The number of hydrogen-bond donors (Lipinski definition) is 4. The highest BCUT2D eigenvalue weighted by atomic mass is 127. The van der Waals surface area contributed by atoms with Crippen LogP contribution in [0.15, 0.2) is 23.2 Å². The van der Waals surface area contributed by atoms with Crippen molar-refractivity contribution < 1.29 is 13.5 Å². The van der Waals surface area contributed by atoms with Crippen molar-refractivity contribution in [2.24, 2.45) is 4.99 Å². The predicted molar refractivity (Wildman–Crippen MR) is 123 cm³/mol. The fraction of sp³-hybridized carbons (Fsp3) is 0.562. The average molecular weight is 553 g/mol. The number of nitrogens with zero attached hydrogens (tertiary/aromatic N) is 1. The van der Waals surface area contributed by atoms with E-state index in [9.17, 15) is 13.5 Å². The van der Waals surface area contributed by atoms with Gasteiger partial charge in [-0.25, -0.2) is 13.1 Å². The van der Waals surface area contributed by atoms with Crippen LogP contribution in [0.1, 0.15) is 32.4 Å². The molecule has 0 bridgehead atoms. The molecule has 11 heteroatoms. The number of hydrogen-bond acceptors (Lipinski definition) is 4. The average Bonchev–Trinajstić information content (AvgIpc) is 2.46. The van der Waals surface area contributed by atoms with Crippen LogP contribution in [0.3, 0.4) is 0 Å². The third kappa shape index (κ3) is 11.3. The minimum absolute atomic E-state index is 0. The van der Waals surface area contributed by atoms with Crippen LogP contribution >= 0.6 is 47.2 Å². The van der Waals surface area contributed by atoms with E-state index in [1.165, 1.54) is 0 Å². The van der Waals surface area contributed by atoms with Gasteiger partial charge in [-0.1, -0.05) is 23.2 Å². The van der Waals surface area contributed by atoms with Gasteiger partial charge >= 0.3 is 0 Å². The molecule has 0 aliphatic carbocycles. The zero-order valence-corrected chi connectivity index (χ0v) is 20.4. The van der Waals surface area contributed by atoms with E-state index in [0.717, 1.165) is 6.26 Å². The Morgan fingerprint density at radius 1 is 1.22 bits per heavy atom. The Labute approximate surface area is 188 Å². The molecule has 156 valence electrons. The molecule has 7 nitrogen and oxygen atoms in total. The smallest absolute Gasteiger partial charge is 0.209 e. The molecule has 0 heterocycles. The van der Waals surface area contributed by atoms with Crippen molar-refractivity contribution in [2.45, 2.75) is 32.4 Å². The largest absolute Gasteiger partial charge is 0.387 e. The van der Waals surface area contributed by atoms with Crippen LogP contribution in [-0.4, -0.2) is 50.9 Å². The van der Waals surface area contributed by atoms with Crippen LogP contribution in [0.2, 0.25) is 10.0 Å². The number of halogens is 3. The number of benzene rings is 1. The second kappa shape index (κ2) is 11.6. The lowest BCUT2D eigenvalue weighted by molar-refractivity contribution is 0.181. The molecule has 0 amide bonds. The second-order valence-electron chi connectivity index (χ2n) is 6.55. The van der Waals surface area contributed by atoms with Crippen LogP contribution in [-0.2, 0) is 10.0 Å². The van der Waals surface area contributed by atoms with Crippen molar-refractivity contribution in [1.29, 1.82) is 0 Å². The Hall–Kier alpha value is -0.330. The summed E-state index contributed by atoms with van der Waals surface area (Å²) >= 11 is 11.9. The van der Waals surface area contributed by atoms with E-state index in [4.69, 9.17) is 23.2 Å². The van der Waals surface area contributed by atoms with Gasteiger partial charge in [0, 0.05) is 28.7 Å². The lowest BCUT2D eigenvalue weighted by Crippen LogP contribution is -2.47. The zero-order chi connectivity index (χ0) is 20.0. The van der Waals surface area contributed by atoms with Crippen molar-refractivity contribution >= 4 is 63.2 Å². The molecule has 0 saturated carbocycles. The first-order valence-corrected chi connectivity index (χ1v) is 10.7. The van der Waals surface area contributed by atoms with E-state index in [1.54, 1.807) is 32.0 Å². The first kappa shape index (κ1) is 26.7. The fourth-order valence-electron chi connectivity index (χ4n) is 2.23. The molecule has 0 spiro atoms. The maximum atomic E-state index is 11.4. The first-order valence-electron chi connectivity index (χ1n) is 8.07. The maximum absolute atomic E-state index is 11.4. The molecule has 0 aliphatic heterocycles. The number of aliphatic hydroxyl groups excluding tert-OH is 1. The zero-order valence-electron chi connectivity index (χ0n) is 15.7. The van der Waals surface area contributed by atoms with E-state index in [0.29, 0.717) is 28.1 Å². The molecule has 4 N–H and O–H groups in total. The molecule has 1 atom stereocenters. The summed E-state index contributed by atoms with van der Waals surface area (Å²) in [7, 11) is -3.34. The van der Waals surface area contributed by atoms with E-state index >= 15 is 0 Å². The number of sulfonamides is 1. The minimum Gasteiger partial charge on any atom is -0.387 e. The Balaban J connectivity index is 0.00000676. The molecular formula is C16H27Cl2IN4O3S. The molecule has 1 unspecified atom stereocenters. The van der Waals surface area contributed by atoms with E-state index in [-0.39, 0.29) is 37.1 Å². The molecule has 1 aromatic rings. The van der Waals surface area contributed by atoms with Crippen molar-refractivity contribution in [1.82, 2.24) is 15.4 Å². The Morgan fingerprint density at radius 3 is 2.26 bits per heavy atom. The second-order valence-corrected chi connectivity index (χ2v) is 9.17. The van der Waals surface area contributed by atoms with E-state index in [1.807, 2.05) is 6.92 Å². The molecular weight excluding hydrogens is 526 g/mol. The Morgan fingerprint density at radius 2 is 1.78 bits per heavy atom. The molecule has 1 rings (SSSR count). The number of rotatable bonds is 8. The Bertz CT molecular complexity index is 725. The number of aliphatic imine (C=N–C) groups is 1. The van der Waals surface area contributed by atoms with Gasteiger partial charge in [0.2, 0.25) is 10.0 Å². The predicted octanol–water partition coefficient (Wildman–Crippen LogP) is 2.53. The number of guanidine groups is 1. The summed E-state index contributed by atoms with van der Waals surface area (Å²) in [5, 5.41) is 17.3. The van der Waals surface area contributed by atoms with Gasteiger partial charge in [0.05, 0.1) is 18.9 Å². The summed E-state index contributed by atoms with van der Waals surface area (Å²) in [5.74, 6) is 0.461. The quantitative estimate of drug-likeness (QED) is 0.225. The molecule has 0 saturated heterocycles. The van der Waals surface area contributed by atoms with E-state index in [2.05, 4.69) is 20.3 Å². The SMILES string of the molecule is CCNC(=NCC(C)(C)NS(C)(=O)=O)NCC(O)c1cc(Cl)cc(Cl)c1.I. The summed E-state index contributed by atoms with van der Waals surface area (Å²) in [6, 6.07) is 4.88. The number of nitrogens with one attached hydrogen (secondary N) is 3. The van der Waals surface area contributed by atoms with Gasteiger partial charge in [-0.2, -0.15) is 0 Å². The topological polar surface area (TPSA) is 103 Å². The van der Waals surface area contributed by atoms with Crippen LogP contribution in [0.25, 0.3) is 0 Å². The molecule has 0 aliphatic rings. The standard InChI is InChI=1S/C16H26Cl2N4O3S.HI/c1-5-19-15(21-10-16(2,3)22-26(4,24)25)20-9-14(23)11-6-12(17)8-13(18)7-11;/h6-8,14,22-23H,5,9-10H2,1-4H3,(H2,19,20,21);1H. The van der Waals surface area contributed by atoms with Gasteiger partial charge in [-0.15, -0.1) is 24.0 Å². The first-order chi connectivity index (χ1) is 11.9. The van der Waals surface area contributed by atoms with Crippen LogP contribution in [0.4, 0.5) is 0 Å². The van der Waals surface area contributed by atoms with Crippen LogP contribution < -0.4 is 15.4 Å². The van der Waals surface area contributed by atoms with Gasteiger partial charge in [-0.05, 0) is 44.5 Å². The van der Waals surface area contributed by atoms with Gasteiger partial charge in [0.15, 0.2) is 5.96 Å². The van der Waals surface area contributed by atoms with Gasteiger partial charge < -0.3 is 15.7 Å². The maximum Gasteiger partial charge on any atom is 0.209 e. The van der Waals surface area contributed by atoms with Crippen LogP contribution in [0, 0.1) is 0 Å². The minimum atomic E-state index is -3.34. The number of aliphatic hydroxyl groups is 1. The van der Waals surface area contributed by atoms with Crippen molar-refractivity contribution in [3.63, 3.8) is 0 Å². The lowest BCUT2D eigenvalue weighted by Gasteiger charge is -2.23. The van der Waals surface area contributed by atoms with Gasteiger partial charge in [0.25, 0.3) is 0 Å². The normalized spacial score (nSPS) is 13.7. The van der Waals surface area contributed by atoms with Crippen LogP contribution in [0.5, 0.6) is 0 Å². The molecule has 0 aromatic heterocycles. The fourth-order valence-corrected chi connectivity index (χ4v) is 3.84. The molecule has 27 heavy (non-hydrogen) atoms. The van der Waals surface area contributed by atoms with Crippen molar-refractivity contribution in [3.8, 4) is 0 Å². The highest BCUT2D eigenvalue weighted by Gasteiger charge is 2.22. The molecule has 0 radical (unpaired) electrons. The third-order valence-corrected chi connectivity index (χ3v) is 4.53. The van der Waals surface area contributed by atoms with Gasteiger partial charge in [-0.3, -0.25) is 4.99 Å². The highest BCUT2D eigenvalue weighted by Crippen LogP contribution is 2.23. The monoisotopic (exact) mass is 552 g/mol. The molecule has 1 aromatic carbocycles. The molecule has 0 fully saturated rings. The third-order valence-electron chi connectivity index (χ3n) is 3.17. The van der Waals surface area contributed by atoms with Crippen molar-refractivity contribution in [2.75, 3.05) is 25.9 Å². The highest BCUT2D eigenvalue weighted by molar-refractivity contribution is 14.0. The Kier molecular flexibility index (Phi) is 11.5. The van der Waals surface area contributed by atoms with Gasteiger partial charge in [0.1, 0.15) is 0 Å². The van der Waals surface area contributed by atoms with E-state index < -0.39 is 21.7 Å². The summed E-state index contributed by atoms with van der Waals surface area (Å²) in [4.78, 5) is 4.37. The lowest BCUT2D eigenvalue weighted by atomic mass is 10.1. The summed E-state index contributed by atoms with van der Waals surface area (Å²) in [6.45, 7) is 6.40. The summed E-state index contributed by atoms with van der Waals surface area (Å²) < 4.78 is 25.3.